The van der Waals surface area contributed by atoms with E-state index in [1.165, 1.54) is 11.3 Å². The number of benzene rings is 1. The van der Waals surface area contributed by atoms with Gasteiger partial charge in [-0.2, -0.15) is 0 Å². The minimum absolute atomic E-state index is 0.442. The van der Waals surface area contributed by atoms with E-state index in [2.05, 4.69) is 36.7 Å². The van der Waals surface area contributed by atoms with Gasteiger partial charge < -0.3 is 4.90 Å². The molecule has 0 spiro atoms. The summed E-state index contributed by atoms with van der Waals surface area (Å²) in [5.74, 6) is 3.28. The maximum atomic E-state index is 13.7. The van der Waals surface area contributed by atoms with Crippen molar-refractivity contribution in [3.63, 3.8) is 0 Å². The second kappa shape index (κ2) is 5.26. The van der Waals surface area contributed by atoms with E-state index >= 15 is 0 Å². The van der Waals surface area contributed by atoms with E-state index < -0.39 is 11.3 Å². The largest absolute Gasteiger partial charge is 0.369 e. The average Bonchev–Trinajstić information content (AvgIpc) is 3.25. The third kappa shape index (κ3) is 2.60. The van der Waals surface area contributed by atoms with Gasteiger partial charge in [0.05, 0.1) is 5.41 Å². The molecular formula is C19H23F2N. The van der Waals surface area contributed by atoms with Crippen molar-refractivity contribution in [3.05, 3.63) is 29.3 Å². The summed E-state index contributed by atoms with van der Waals surface area (Å²) in [6.45, 7) is 6.42. The topological polar surface area (TPSA) is 3.24 Å². The van der Waals surface area contributed by atoms with Crippen LogP contribution in [-0.4, -0.2) is 18.5 Å². The summed E-state index contributed by atoms with van der Waals surface area (Å²) < 4.78 is 27.3. The minimum Gasteiger partial charge on any atom is -0.369 e. The van der Waals surface area contributed by atoms with Gasteiger partial charge in [0.2, 0.25) is 0 Å². The Kier molecular flexibility index (Phi) is 3.67. The molecule has 1 saturated carbocycles. The molecule has 1 aliphatic heterocycles. The second-order valence-corrected chi connectivity index (χ2v) is 6.91. The lowest BCUT2D eigenvalue weighted by Crippen LogP contribution is -2.35. The van der Waals surface area contributed by atoms with Crippen LogP contribution < -0.4 is 4.90 Å². The lowest BCUT2D eigenvalue weighted by atomic mass is 9.94. The molecular weight excluding hydrogens is 280 g/mol. The van der Waals surface area contributed by atoms with Crippen LogP contribution in [0.15, 0.2) is 18.2 Å². The Hall–Kier alpha value is -1.56. The fourth-order valence-electron chi connectivity index (χ4n) is 3.29. The van der Waals surface area contributed by atoms with Crippen LogP contribution in [0.1, 0.15) is 51.2 Å². The normalized spacial score (nSPS) is 19.5. The van der Waals surface area contributed by atoms with E-state index in [4.69, 9.17) is 0 Å². The first-order valence-electron chi connectivity index (χ1n) is 8.14. The van der Waals surface area contributed by atoms with Crippen LogP contribution in [0.25, 0.3) is 0 Å². The van der Waals surface area contributed by atoms with E-state index in [0.717, 1.165) is 31.9 Å². The molecule has 0 saturated heterocycles. The van der Waals surface area contributed by atoms with Crippen molar-refractivity contribution in [2.45, 2.75) is 58.4 Å². The molecule has 0 amide bonds. The summed E-state index contributed by atoms with van der Waals surface area (Å²) in [6.07, 6.45) is 3.10. The molecule has 1 fully saturated rings. The molecule has 1 aliphatic carbocycles. The highest BCUT2D eigenvalue weighted by atomic mass is 19.3. The fourth-order valence-corrected chi connectivity index (χ4v) is 3.29. The van der Waals surface area contributed by atoms with E-state index in [1.807, 2.05) is 12.1 Å². The van der Waals surface area contributed by atoms with Crippen LogP contribution >= 0.6 is 0 Å². The van der Waals surface area contributed by atoms with Crippen LogP contribution in [0.3, 0.4) is 0 Å². The Morgan fingerprint density at radius 3 is 2.59 bits per heavy atom. The zero-order chi connectivity index (χ0) is 16.0. The highest BCUT2D eigenvalue weighted by molar-refractivity contribution is 5.63. The van der Waals surface area contributed by atoms with Gasteiger partial charge in [-0.25, -0.2) is 8.78 Å². The van der Waals surface area contributed by atoms with E-state index in [-0.39, 0.29) is 0 Å². The summed E-state index contributed by atoms with van der Waals surface area (Å²) in [6, 6.07) is 6.53. The van der Waals surface area contributed by atoms with Crippen LogP contribution in [0, 0.1) is 17.3 Å². The van der Waals surface area contributed by atoms with Gasteiger partial charge >= 0.3 is 0 Å². The minimum atomic E-state index is -2.71. The zero-order valence-corrected chi connectivity index (χ0v) is 13.5. The van der Waals surface area contributed by atoms with Crippen molar-refractivity contribution in [1.29, 1.82) is 0 Å². The molecule has 0 aromatic heterocycles. The van der Waals surface area contributed by atoms with Crippen molar-refractivity contribution < 1.29 is 8.78 Å². The van der Waals surface area contributed by atoms with Gasteiger partial charge in [-0.3, -0.25) is 0 Å². The molecule has 1 nitrogen and oxygen atoms in total. The molecule has 0 atom stereocenters. The summed E-state index contributed by atoms with van der Waals surface area (Å²) in [5.41, 5.74) is 2.30. The number of nitrogens with zero attached hydrogens (tertiary/aromatic N) is 1. The zero-order valence-electron chi connectivity index (χ0n) is 13.5. The number of hydrogen-bond acceptors (Lipinski definition) is 1. The predicted octanol–water partition coefficient (Wildman–Crippen LogP) is 4.63. The molecule has 118 valence electrons. The van der Waals surface area contributed by atoms with Crippen molar-refractivity contribution in [3.8, 4) is 11.8 Å². The third-order valence-electron chi connectivity index (χ3n) is 4.94. The van der Waals surface area contributed by atoms with Gasteiger partial charge in [-0.15, -0.1) is 0 Å². The number of halogens is 2. The van der Waals surface area contributed by atoms with Gasteiger partial charge in [0, 0.05) is 30.8 Å². The Bertz CT molecular complexity index is 627. The maximum Gasteiger partial charge on any atom is 0.261 e. The van der Waals surface area contributed by atoms with Crippen molar-refractivity contribution in [1.82, 2.24) is 0 Å². The van der Waals surface area contributed by atoms with Gasteiger partial charge in [-0.05, 0) is 57.2 Å². The van der Waals surface area contributed by atoms with E-state index in [0.29, 0.717) is 18.9 Å². The van der Waals surface area contributed by atoms with Crippen LogP contribution in [0.2, 0.25) is 0 Å². The summed E-state index contributed by atoms with van der Waals surface area (Å²) in [5, 5.41) is 0. The SMILES string of the molecule is CC(C)N1CCCc2c(C#CC3(C(C)(F)F)CC3)cccc21. The quantitative estimate of drug-likeness (QED) is 0.720. The molecule has 22 heavy (non-hydrogen) atoms. The van der Waals surface area contributed by atoms with Gasteiger partial charge in [0.1, 0.15) is 0 Å². The first-order chi connectivity index (χ1) is 10.3. The smallest absolute Gasteiger partial charge is 0.261 e. The molecule has 1 aromatic carbocycles. The Labute approximate surface area is 131 Å². The number of hydrogen-bond donors (Lipinski definition) is 0. The summed E-state index contributed by atoms with van der Waals surface area (Å²) in [4.78, 5) is 2.38. The van der Waals surface area contributed by atoms with Crippen LogP contribution in [-0.2, 0) is 6.42 Å². The molecule has 1 heterocycles. The van der Waals surface area contributed by atoms with Crippen molar-refractivity contribution in [2.24, 2.45) is 5.41 Å². The molecule has 0 unspecified atom stereocenters. The van der Waals surface area contributed by atoms with Crippen LogP contribution in [0.5, 0.6) is 0 Å². The number of alkyl halides is 2. The van der Waals surface area contributed by atoms with E-state index in [9.17, 15) is 8.78 Å². The maximum absolute atomic E-state index is 13.7. The highest BCUT2D eigenvalue weighted by Gasteiger charge is 2.58. The number of anilines is 1. The van der Waals surface area contributed by atoms with Crippen molar-refractivity contribution in [2.75, 3.05) is 11.4 Å². The van der Waals surface area contributed by atoms with Gasteiger partial charge in [-0.1, -0.05) is 17.9 Å². The lowest BCUT2D eigenvalue weighted by Gasteiger charge is -2.35. The third-order valence-corrected chi connectivity index (χ3v) is 4.94. The summed E-state index contributed by atoms with van der Waals surface area (Å²) in [7, 11) is 0. The van der Waals surface area contributed by atoms with E-state index in [1.54, 1.807) is 0 Å². The lowest BCUT2D eigenvalue weighted by molar-refractivity contribution is -0.0294. The van der Waals surface area contributed by atoms with Crippen LogP contribution in [0.4, 0.5) is 14.5 Å². The first-order valence-corrected chi connectivity index (χ1v) is 8.14. The number of fused-ring (bicyclic) bond motifs is 1. The molecule has 0 N–H and O–H groups in total. The highest BCUT2D eigenvalue weighted by Crippen LogP contribution is 2.56. The average molecular weight is 303 g/mol. The fraction of sp³-hybridized carbons (Fsp3) is 0.579. The molecule has 1 aromatic rings. The predicted molar refractivity (Wildman–Crippen MR) is 86.4 cm³/mol. The molecule has 0 radical (unpaired) electrons. The Morgan fingerprint density at radius 2 is 2.00 bits per heavy atom. The van der Waals surface area contributed by atoms with Crippen molar-refractivity contribution >= 4 is 5.69 Å². The molecule has 3 heteroatoms. The number of rotatable bonds is 2. The second-order valence-electron chi connectivity index (χ2n) is 6.91. The summed E-state index contributed by atoms with van der Waals surface area (Å²) >= 11 is 0. The first kappa shape index (κ1) is 15.3. The Morgan fingerprint density at radius 1 is 1.27 bits per heavy atom. The molecule has 0 bridgehead atoms. The monoisotopic (exact) mass is 303 g/mol. The Balaban J connectivity index is 1.96. The standard InChI is InChI=1S/C19H23F2N/c1-14(2)22-13-5-7-16-15(6-4-8-17(16)22)9-10-19(11-12-19)18(3,20)21/h4,6,8,14H,5,7,11-13H2,1-3H3. The molecule has 3 rings (SSSR count). The van der Waals surface area contributed by atoms with Gasteiger partial charge in [0.15, 0.2) is 0 Å². The van der Waals surface area contributed by atoms with Gasteiger partial charge in [0.25, 0.3) is 5.92 Å². The molecule has 2 aliphatic rings.